The molecule has 172 valence electrons. The molecule has 8 heteroatoms. The molecule has 0 bridgehead atoms. The van der Waals surface area contributed by atoms with Gasteiger partial charge in [-0.15, -0.1) is 24.0 Å². The molecule has 7 nitrogen and oxygen atoms in total. The quantitative estimate of drug-likeness (QED) is 0.149. The normalized spacial score (nSPS) is 11.0. The number of ether oxygens (including phenoxy) is 2. The number of aromatic nitrogens is 1. The van der Waals surface area contributed by atoms with E-state index in [1.165, 1.54) is 0 Å². The molecule has 0 fully saturated rings. The predicted molar refractivity (Wildman–Crippen MR) is 136 cm³/mol. The topological polar surface area (TPSA) is 80.9 Å². The van der Waals surface area contributed by atoms with E-state index in [1.807, 2.05) is 61.5 Å². The van der Waals surface area contributed by atoms with Crippen LogP contribution in [0.4, 0.5) is 0 Å². The lowest BCUT2D eigenvalue weighted by molar-refractivity contribution is 0.105. The molecule has 0 atom stereocenters. The van der Waals surface area contributed by atoms with E-state index in [9.17, 15) is 0 Å². The fraction of sp³-hybridized carbons (Fsp3) is 0.333. The summed E-state index contributed by atoms with van der Waals surface area (Å²) in [6, 6.07) is 17.7. The van der Waals surface area contributed by atoms with Crippen LogP contribution in [-0.4, -0.2) is 30.6 Å². The van der Waals surface area contributed by atoms with Crippen LogP contribution < -0.4 is 15.4 Å². The number of furan rings is 1. The fourth-order valence-electron chi connectivity index (χ4n) is 2.85. The second kappa shape index (κ2) is 15.3. The van der Waals surface area contributed by atoms with Gasteiger partial charge in [-0.3, -0.25) is 0 Å². The third kappa shape index (κ3) is 9.27. The molecule has 0 aliphatic heterocycles. The number of guanidine groups is 1. The Kier molecular flexibility index (Phi) is 12.2. The molecule has 2 N–H and O–H groups in total. The van der Waals surface area contributed by atoms with Gasteiger partial charge in [0.2, 0.25) is 5.88 Å². The summed E-state index contributed by atoms with van der Waals surface area (Å²) >= 11 is 0. The molecule has 0 amide bonds. The van der Waals surface area contributed by atoms with E-state index in [2.05, 4.69) is 20.6 Å². The second-order valence-corrected chi connectivity index (χ2v) is 6.85. The van der Waals surface area contributed by atoms with Gasteiger partial charge in [0, 0.05) is 31.5 Å². The third-order valence-corrected chi connectivity index (χ3v) is 4.40. The van der Waals surface area contributed by atoms with Crippen LogP contribution in [0.5, 0.6) is 5.88 Å². The number of halogens is 1. The molecule has 2 heterocycles. The maximum Gasteiger partial charge on any atom is 0.218 e. The highest BCUT2D eigenvalue weighted by Crippen LogP contribution is 2.17. The summed E-state index contributed by atoms with van der Waals surface area (Å²) in [4.78, 5) is 9.05. The number of rotatable bonds is 12. The van der Waals surface area contributed by atoms with Crippen molar-refractivity contribution in [2.45, 2.75) is 33.1 Å². The first-order valence-corrected chi connectivity index (χ1v) is 10.6. The maximum absolute atomic E-state index is 5.93. The van der Waals surface area contributed by atoms with Gasteiger partial charge in [-0.2, -0.15) is 0 Å². The monoisotopic (exact) mass is 550 g/mol. The van der Waals surface area contributed by atoms with Gasteiger partial charge in [-0.05, 0) is 37.1 Å². The average Bonchev–Trinajstić information content (AvgIpc) is 3.33. The number of nitrogens with zero attached hydrogens (tertiary/aromatic N) is 2. The highest BCUT2D eigenvalue weighted by Gasteiger charge is 2.06. The van der Waals surface area contributed by atoms with Gasteiger partial charge in [-0.25, -0.2) is 9.98 Å². The van der Waals surface area contributed by atoms with E-state index >= 15 is 0 Å². The molecule has 0 saturated carbocycles. The van der Waals surface area contributed by atoms with Crippen LogP contribution in [0.3, 0.4) is 0 Å². The molecule has 0 spiro atoms. The lowest BCUT2D eigenvalue weighted by Gasteiger charge is -2.12. The molecule has 3 aromatic rings. The molecular formula is C24H31IN4O3. The smallest absolute Gasteiger partial charge is 0.218 e. The molecule has 0 saturated heterocycles. The third-order valence-electron chi connectivity index (χ3n) is 4.40. The van der Waals surface area contributed by atoms with E-state index < -0.39 is 0 Å². The first-order chi connectivity index (χ1) is 15.3. The maximum atomic E-state index is 5.93. The van der Waals surface area contributed by atoms with E-state index in [0.29, 0.717) is 32.2 Å². The molecular weight excluding hydrogens is 519 g/mol. The van der Waals surface area contributed by atoms with Crippen molar-refractivity contribution in [3.63, 3.8) is 0 Å². The zero-order valence-electron chi connectivity index (χ0n) is 18.3. The minimum atomic E-state index is 0. The van der Waals surface area contributed by atoms with Crippen molar-refractivity contribution in [2.75, 3.05) is 19.7 Å². The molecule has 3 rings (SSSR count). The van der Waals surface area contributed by atoms with Gasteiger partial charge in [-0.1, -0.05) is 36.4 Å². The Balaban J connectivity index is 0.00000363. The molecule has 2 aromatic heterocycles. The lowest BCUT2D eigenvalue weighted by atomic mass is 10.2. The van der Waals surface area contributed by atoms with Gasteiger partial charge in [0.05, 0.1) is 12.8 Å². The molecule has 0 unspecified atom stereocenters. The minimum absolute atomic E-state index is 0. The highest BCUT2D eigenvalue weighted by molar-refractivity contribution is 14.0. The zero-order valence-corrected chi connectivity index (χ0v) is 20.7. The summed E-state index contributed by atoms with van der Waals surface area (Å²) < 4.78 is 16.8. The van der Waals surface area contributed by atoms with Crippen molar-refractivity contribution in [3.05, 3.63) is 83.9 Å². The van der Waals surface area contributed by atoms with Crippen LogP contribution in [0.25, 0.3) is 0 Å². The number of hydrogen-bond donors (Lipinski definition) is 2. The van der Waals surface area contributed by atoms with Crippen LogP contribution in [0.2, 0.25) is 0 Å². The van der Waals surface area contributed by atoms with Crippen LogP contribution >= 0.6 is 24.0 Å². The Morgan fingerprint density at radius 3 is 2.69 bits per heavy atom. The zero-order chi connectivity index (χ0) is 21.6. The minimum Gasteiger partial charge on any atom is -0.473 e. The summed E-state index contributed by atoms with van der Waals surface area (Å²) in [5.41, 5.74) is 2.05. The van der Waals surface area contributed by atoms with Crippen LogP contribution in [0.1, 0.15) is 30.2 Å². The Bertz CT molecular complexity index is 905. The largest absolute Gasteiger partial charge is 0.473 e. The predicted octanol–water partition coefficient (Wildman–Crippen LogP) is 4.53. The van der Waals surface area contributed by atoms with Gasteiger partial charge in [0.1, 0.15) is 19.0 Å². The Labute approximate surface area is 206 Å². The van der Waals surface area contributed by atoms with Gasteiger partial charge >= 0.3 is 0 Å². The number of benzene rings is 1. The van der Waals surface area contributed by atoms with Crippen LogP contribution in [-0.2, 0) is 24.5 Å². The average molecular weight is 550 g/mol. The number of nitrogens with one attached hydrogen (secondary N) is 2. The number of pyridine rings is 1. The summed E-state index contributed by atoms with van der Waals surface area (Å²) in [6.45, 7) is 5.68. The summed E-state index contributed by atoms with van der Waals surface area (Å²) in [6.07, 6.45) is 4.25. The number of hydrogen-bond acceptors (Lipinski definition) is 5. The molecule has 0 aliphatic rings. The van der Waals surface area contributed by atoms with Crippen LogP contribution in [0, 0.1) is 0 Å². The first kappa shape index (κ1) is 25.7. The summed E-state index contributed by atoms with van der Waals surface area (Å²) in [7, 11) is 0. The molecule has 0 radical (unpaired) electrons. The lowest BCUT2D eigenvalue weighted by Crippen LogP contribution is -2.38. The first-order valence-electron chi connectivity index (χ1n) is 10.6. The van der Waals surface area contributed by atoms with Gasteiger partial charge in [0.15, 0.2) is 5.96 Å². The van der Waals surface area contributed by atoms with Crippen molar-refractivity contribution >= 4 is 29.9 Å². The van der Waals surface area contributed by atoms with E-state index in [1.54, 1.807) is 12.5 Å². The van der Waals surface area contributed by atoms with E-state index in [4.69, 9.17) is 13.9 Å². The Morgan fingerprint density at radius 1 is 1.03 bits per heavy atom. The second-order valence-electron chi connectivity index (χ2n) is 6.85. The van der Waals surface area contributed by atoms with Crippen LogP contribution in [0.15, 0.2) is 76.5 Å². The summed E-state index contributed by atoms with van der Waals surface area (Å²) in [5, 5.41) is 6.60. The van der Waals surface area contributed by atoms with E-state index in [-0.39, 0.29) is 24.0 Å². The fourth-order valence-corrected chi connectivity index (χ4v) is 2.85. The molecule has 1 aromatic carbocycles. The van der Waals surface area contributed by atoms with Crippen molar-refractivity contribution in [1.29, 1.82) is 0 Å². The standard InChI is InChI=1S/C24H30N4O3.HI/c1-2-25-24(27-14-8-15-29-19-22-12-7-16-30-22)28-17-21-11-6-13-26-23(21)31-18-20-9-4-3-5-10-20;/h3-7,9-13,16H,2,8,14-15,17-19H2,1H3,(H2,25,27,28);1H. The van der Waals surface area contributed by atoms with Crippen molar-refractivity contribution in [3.8, 4) is 5.88 Å². The highest BCUT2D eigenvalue weighted by atomic mass is 127. The van der Waals surface area contributed by atoms with E-state index in [0.717, 1.165) is 42.4 Å². The summed E-state index contributed by atoms with van der Waals surface area (Å²) in [5.74, 6) is 2.20. The Hall–Kier alpha value is -2.59. The van der Waals surface area contributed by atoms with Gasteiger partial charge in [0.25, 0.3) is 0 Å². The Morgan fingerprint density at radius 2 is 1.91 bits per heavy atom. The van der Waals surface area contributed by atoms with Gasteiger partial charge < -0.3 is 24.5 Å². The van der Waals surface area contributed by atoms with Crippen molar-refractivity contribution < 1.29 is 13.9 Å². The van der Waals surface area contributed by atoms with Crippen molar-refractivity contribution in [2.24, 2.45) is 4.99 Å². The van der Waals surface area contributed by atoms with Crippen molar-refractivity contribution in [1.82, 2.24) is 15.6 Å². The SMILES string of the molecule is CCNC(=NCc1cccnc1OCc1ccccc1)NCCCOCc1ccco1.I. The molecule has 32 heavy (non-hydrogen) atoms. The number of aliphatic imine (C=N–C) groups is 1. The molecule has 0 aliphatic carbocycles.